The van der Waals surface area contributed by atoms with E-state index in [4.69, 9.17) is 14.6 Å². The number of hydrogen-bond acceptors (Lipinski definition) is 6. The summed E-state index contributed by atoms with van der Waals surface area (Å²) in [6, 6.07) is 5.43. The molecule has 0 spiro atoms. The van der Waals surface area contributed by atoms with Crippen molar-refractivity contribution in [2.24, 2.45) is 0 Å². The van der Waals surface area contributed by atoms with Crippen LogP contribution in [0.4, 0.5) is 5.69 Å². The monoisotopic (exact) mass is 360 g/mol. The zero-order valence-corrected chi connectivity index (χ0v) is 14.3. The average molecular weight is 360 g/mol. The minimum atomic E-state index is -1.19. The number of nitrogens with one attached hydrogen (secondary N) is 1. The molecular weight excluding hydrogens is 340 g/mol. The Morgan fingerprint density at radius 1 is 1.38 bits per heavy atom. The number of carbonyl (C=O) groups is 2. The molecule has 0 saturated carbocycles. The van der Waals surface area contributed by atoms with Crippen LogP contribution in [-0.2, 0) is 16.1 Å². The van der Waals surface area contributed by atoms with E-state index in [-0.39, 0.29) is 24.2 Å². The molecule has 1 saturated heterocycles. The average Bonchev–Trinajstić information content (AvgIpc) is 3.07. The summed E-state index contributed by atoms with van der Waals surface area (Å²) in [6.07, 6.45) is 3.10. The van der Waals surface area contributed by atoms with Gasteiger partial charge in [0.25, 0.3) is 0 Å². The van der Waals surface area contributed by atoms with Gasteiger partial charge in [-0.1, -0.05) is 5.21 Å². The highest BCUT2D eigenvalue weighted by atomic mass is 16.5. The first-order chi connectivity index (χ1) is 12.5. The topological polar surface area (TPSA) is 116 Å². The second kappa shape index (κ2) is 7.96. The van der Waals surface area contributed by atoms with E-state index in [2.05, 4.69) is 15.6 Å². The van der Waals surface area contributed by atoms with E-state index >= 15 is 0 Å². The number of aromatic nitrogens is 3. The summed E-state index contributed by atoms with van der Waals surface area (Å²) in [6.45, 7) is 3.22. The molecule has 0 aliphatic carbocycles. The molecule has 2 aromatic rings. The summed E-state index contributed by atoms with van der Waals surface area (Å²) in [5, 5.41) is 18.6. The normalized spacial score (nSPS) is 14.8. The van der Waals surface area contributed by atoms with Gasteiger partial charge in [0, 0.05) is 18.5 Å². The lowest BCUT2D eigenvalue weighted by Crippen LogP contribution is -2.26. The first-order valence-electron chi connectivity index (χ1n) is 8.29. The molecule has 0 radical (unpaired) electrons. The quantitative estimate of drug-likeness (QED) is 0.801. The highest BCUT2D eigenvalue weighted by Gasteiger charge is 2.16. The summed E-state index contributed by atoms with van der Waals surface area (Å²) in [7, 11) is 0. The number of anilines is 1. The summed E-state index contributed by atoms with van der Waals surface area (Å²) in [5.41, 5.74) is 1.34. The highest BCUT2D eigenvalue weighted by molar-refractivity contribution is 5.91. The van der Waals surface area contributed by atoms with E-state index in [1.807, 2.05) is 19.1 Å². The van der Waals surface area contributed by atoms with Crippen LogP contribution in [0.25, 0.3) is 0 Å². The zero-order valence-electron chi connectivity index (χ0n) is 14.3. The van der Waals surface area contributed by atoms with Gasteiger partial charge in [0.05, 0.1) is 19.4 Å². The van der Waals surface area contributed by atoms with Gasteiger partial charge >= 0.3 is 5.97 Å². The zero-order chi connectivity index (χ0) is 18.5. The Morgan fingerprint density at radius 2 is 2.15 bits per heavy atom. The van der Waals surface area contributed by atoms with Crippen molar-refractivity contribution in [2.75, 3.05) is 18.5 Å². The van der Waals surface area contributed by atoms with Gasteiger partial charge in [-0.05, 0) is 30.7 Å². The van der Waals surface area contributed by atoms with Crippen molar-refractivity contribution in [3.63, 3.8) is 0 Å². The third kappa shape index (κ3) is 4.57. The van der Waals surface area contributed by atoms with Gasteiger partial charge in [0.2, 0.25) is 5.91 Å². The Bertz CT molecular complexity index is 798. The number of benzene rings is 1. The molecule has 2 N–H and O–H groups in total. The van der Waals surface area contributed by atoms with Gasteiger partial charge in [0.1, 0.15) is 18.4 Å². The molecule has 138 valence electrons. The summed E-state index contributed by atoms with van der Waals surface area (Å²) in [5.74, 6) is -0.728. The molecule has 0 bridgehead atoms. The number of rotatable bonds is 6. The van der Waals surface area contributed by atoms with Gasteiger partial charge < -0.3 is 19.9 Å². The molecule has 1 amide bonds. The molecule has 1 aliphatic rings. The van der Waals surface area contributed by atoms with Crippen molar-refractivity contribution in [3.8, 4) is 5.75 Å². The van der Waals surface area contributed by atoms with Crippen LogP contribution in [0.1, 0.15) is 28.9 Å². The maximum Gasteiger partial charge on any atom is 0.358 e. The first kappa shape index (κ1) is 17.9. The number of carboxylic acid groups (broad SMARTS) is 1. The van der Waals surface area contributed by atoms with Crippen LogP contribution in [0.5, 0.6) is 5.75 Å². The molecule has 1 fully saturated rings. The van der Waals surface area contributed by atoms with Crippen molar-refractivity contribution in [3.05, 3.63) is 35.7 Å². The number of hydrogen-bond donors (Lipinski definition) is 2. The largest absolute Gasteiger partial charge is 0.490 e. The van der Waals surface area contributed by atoms with E-state index in [0.717, 1.165) is 24.2 Å². The van der Waals surface area contributed by atoms with Crippen LogP contribution in [0, 0.1) is 6.92 Å². The van der Waals surface area contributed by atoms with Crippen molar-refractivity contribution in [2.45, 2.75) is 32.4 Å². The molecule has 1 aromatic carbocycles. The maximum atomic E-state index is 12.1. The van der Waals surface area contributed by atoms with Gasteiger partial charge in [-0.15, -0.1) is 5.10 Å². The summed E-state index contributed by atoms with van der Waals surface area (Å²) >= 11 is 0. The smallest absolute Gasteiger partial charge is 0.358 e. The van der Waals surface area contributed by atoms with Gasteiger partial charge in [0.15, 0.2) is 5.69 Å². The van der Waals surface area contributed by atoms with Crippen LogP contribution >= 0.6 is 0 Å². The lowest BCUT2D eigenvalue weighted by atomic mass is 10.1. The third-order valence-electron chi connectivity index (χ3n) is 3.98. The number of carbonyl (C=O) groups excluding carboxylic acids is 1. The van der Waals surface area contributed by atoms with Crippen LogP contribution in [-0.4, -0.2) is 51.3 Å². The molecule has 1 aliphatic heterocycles. The molecule has 0 atom stereocenters. The standard InChI is InChI=1S/C17H20N4O5/c1-11-8-12(2-3-15(11)26-13-4-6-25-7-5-13)18-16(22)10-21-9-14(17(23)24)19-20-21/h2-3,8-9,13H,4-7,10H2,1H3,(H,18,22)(H,23,24). The van der Waals surface area contributed by atoms with Crippen molar-refractivity contribution >= 4 is 17.6 Å². The van der Waals surface area contributed by atoms with Gasteiger partial charge in [-0.3, -0.25) is 4.79 Å². The molecule has 9 heteroatoms. The van der Waals surface area contributed by atoms with Gasteiger partial charge in [-0.25, -0.2) is 9.48 Å². The maximum absolute atomic E-state index is 12.1. The summed E-state index contributed by atoms with van der Waals surface area (Å²) in [4.78, 5) is 22.8. The van der Waals surface area contributed by atoms with E-state index in [1.165, 1.54) is 10.9 Å². The Hall–Kier alpha value is -2.94. The molecule has 26 heavy (non-hydrogen) atoms. The lowest BCUT2D eigenvalue weighted by Gasteiger charge is -2.24. The molecule has 1 aromatic heterocycles. The van der Waals surface area contributed by atoms with Crippen LogP contribution in [0.3, 0.4) is 0 Å². The minimum absolute atomic E-state index is 0.125. The predicted molar refractivity (Wildman–Crippen MR) is 91.3 cm³/mol. The number of carboxylic acids is 1. The van der Waals surface area contributed by atoms with Crippen LogP contribution in [0.15, 0.2) is 24.4 Å². The van der Waals surface area contributed by atoms with E-state index in [1.54, 1.807) is 6.07 Å². The van der Waals surface area contributed by atoms with Gasteiger partial charge in [-0.2, -0.15) is 0 Å². The summed E-state index contributed by atoms with van der Waals surface area (Å²) < 4.78 is 12.5. The molecule has 3 rings (SSSR count). The number of aromatic carboxylic acids is 1. The number of aryl methyl sites for hydroxylation is 1. The van der Waals surface area contributed by atoms with E-state index in [0.29, 0.717) is 18.9 Å². The van der Waals surface area contributed by atoms with Crippen LogP contribution < -0.4 is 10.1 Å². The second-order valence-corrected chi connectivity index (χ2v) is 6.06. The molecule has 9 nitrogen and oxygen atoms in total. The Kier molecular flexibility index (Phi) is 5.47. The fourth-order valence-electron chi connectivity index (χ4n) is 2.65. The molecular formula is C17H20N4O5. The fraction of sp³-hybridized carbons (Fsp3) is 0.412. The molecule has 2 heterocycles. The van der Waals surface area contributed by atoms with Crippen molar-refractivity contribution in [1.29, 1.82) is 0 Å². The Labute approximate surface area is 149 Å². The fourth-order valence-corrected chi connectivity index (χ4v) is 2.65. The minimum Gasteiger partial charge on any atom is -0.490 e. The molecule has 0 unspecified atom stereocenters. The predicted octanol–water partition coefficient (Wildman–Crippen LogP) is 1.48. The SMILES string of the molecule is Cc1cc(NC(=O)Cn2cc(C(=O)O)nn2)ccc1OC1CCOCC1. The number of amides is 1. The lowest BCUT2D eigenvalue weighted by molar-refractivity contribution is -0.116. The van der Waals surface area contributed by atoms with Crippen molar-refractivity contribution < 1.29 is 24.2 Å². The first-order valence-corrected chi connectivity index (χ1v) is 8.29. The van der Waals surface area contributed by atoms with E-state index in [9.17, 15) is 9.59 Å². The number of ether oxygens (including phenoxy) is 2. The number of nitrogens with zero attached hydrogens (tertiary/aromatic N) is 3. The Morgan fingerprint density at radius 3 is 2.81 bits per heavy atom. The van der Waals surface area contributed by atoms with E-state index < -0.39 is 5.97 Å². The van der Waals surface area contributed by atoms with Crippen LogP contribution in [0.2, 0.25) is 0 Å². The highest BCUT2D eigenvalue weighted by Crippen LogP contribution is 2.25. The van der Waals surface area contributed by atoms with Crippen molar-refractivity contribution in [1.82, 2.24) is 15.0 Å². The second-order valence-electron chi connectivity index (χ2n) is 6.06. The third-order valence-corrected chi connectivity index (χ3v) is 3.98. The Balaban J connectivity index is 1.57.